The van der Waals surface area contributed by atoms with Crippen molar-refractivity contribution in [1.29, 1.82) is 0 Å². The molecule has 6 heteroatoms. The molecule has 0 bridgehead atoms. The van der Waals surface area contributed by atoms with E-state index in [2.05, 4.69) is 20.6 Å². The Kier molecular flexibility index (Phi) is 5.68. The van der Waals surface area contributed by atoms with Crippen LogP contribution in [0.25, 0.3) is 0 Å². The molecule has 0 saturated carbocycles. The first-order chi connectivity index (χ1) is 10.1. The van der Waals surface area contributed by atoms with Crippen molar-refractivity contribution < 1.29 is 4.79 Å². The molecule has 1 aliphatic heterocycles. The predicted octanol–water partition coefficient (Wildman–Crippen LogP) is 2.67. The Morgan fingerprint density at radius 1 is 1.29 bits per heavy atom. The van der Waals surface area contributed by atoms with E-state index in [1.54, 1.807) is 5.01 Å². The number of nitrogens with one attached hydrogen (secondary N) is 1. The van der Waals surface area contributed by atoms with E-state index in [0.717, 1.165) is 24.5 Å². The minimum atomic E-state index is 0.0265. The number of likely N-dealkylation sites (tertiary alicyclic amines) is 1. The summed E-state index contributed by atoms with van der Waals surface area (Å²) in [4.78, 5) is 14.2. The second kappa shape index (κ2) is 7.73. The molecule has 1 aliphatic rings. The van der Waals surface area contributed by atoms with Gasteiger partial charge in [-0.05, 0) is 44.1 Å². The number of carbonyl (C=O) groups excluding carboxylic acids is 1. The molecule has 0 radical (unpaired) electrons. The molecule has 0 unspecified atom stereocenters. The summed E-state index contributed by atoms with van der Waals surface area (Å²) >= 11 is 0. The summed E-state index contributed by atoms with van der Waals surface area (Å²) in [5, 5.41) is 12.6. The lowest BCUT2D eigenvalue weighted by molar-refractivity contribution is -0.117. The standard InChI is InChI=1S/C15H23N5O/c1-19(2)18-17-14-8-6-7-13(11-14)16-15(21)12-20-9-4-3-5-10-20/h6-8,11H,3-5,9-10,12H2,1-2H3,(H,16,21). The van der Waals surface area contributed by atoms with E-state index in [0.29, 0.717) is 6.54 Å². The van der Waals surface area contributed by atoms with Crippen LogP contribution in [0.2, 0.25) is 0 Å². The number of amides is 1. The van der Waals surface area contributed by atoms with Crippen LogP contribution in [0.5, 0.6) is 0 Å². The first-order valence-corrected chi connectivity index (χ1v) is 7.35. The third-order valence-corrected chi connectivity index (χ3v) is 3.28. The number of rotatable bonds is 5. The third kappa shape index (κ3) is 5.51. The maximum atomic E-state index is 12.0. The number of carbonyl (C=O) groups is 1. The smallest absolute Gasteiger partial charge is 0.238 e. The summed E-state index contributed by atoms with van der Waals surface area (Å²) in [7, 11) is 3.63. The van der Waals surface area contributed by atoms with Gasteiger partial charge in [-0.25, -0.2) is 0 Å². The van der Waals surface area contributed by atoms with Crippen molar-refractivity contribution in [2.75, 3.05) is 39.0 Å². The molecule has 1 aromatic rings. The molecule has 1 amide bonds. The summed E-state index contributed by atoms with van der Waals surface area (Å²) in [5.41, 5.74) is 1.48. The molecule has 0 aliphatic carbocycles. The van der Waals surface area contributed by atoms with Gasteiger partial charge >= 0.3 is 0 Å². The zero-order chi connectivity index (χ0) is 15.1. The summed E-state index contributed by atoms with van der Waals surface area (Å²) in [6.45, 7) is 2.50. The van der Waals surface area contributed by atoms with E-state index in [1.807, 2.05) is 38.4 Å². The Morgan fingerprint density at radius 2 is 2.05 bits per heavy atom. The van der Waals surface area contributed by atoms with Gasteiger partial charge in [-0.1, -0.05) is 17.7 Å². The van der Waals surface area contributed by atoms with E-state index < -0.39 is 0 Å². The van der Waals surface area contributed by atoms with E-state index in [-0.39, 0.29) is 5.91 Å². The average Bonchev–Trinajstić information content (AvgIpc) is 2.46. The van der Waals surface area contributed by atoms with Crippen molar-refractivity contribution in [1.82, 2.24) is 9.91 Å². The fraction of sp³-hybridized carbons (Fsp3) is 0.533. The number of benzene rings is 1. The van der Waals surface area contributed by atoms with Gasteiger partial charge < -0.3 is 5.32 Å². The molecule has 6 nitrogen and oxygen atoms in total. The number of piperidine rings is 1. The van der Waals surface area contributed by atoms with Gasteiger partial charge in [-0.2, -0.15) is 0 Å². The maximum absolute atomic E-state index is 12.0. The molecular weight excluding hydrogens is 266 g/mol. The number of nitrogens with zero attached hydrogens (tertiary/aromatic N) is 4. The number of anilines is 1. The van der Waals surface area contributed by atoms with Crippen molar-refractivity contribution in [2.45, 2.75) is 19.3 Å². The molecule has 1 heterocycles. The maximum Gasteiger partial charge on any atom is 0.238 e. The second-order valence-electron chi connectivity index (χ2n) is 5.47. The molecule has 0 aromatic heterocycles. The van der Waals surface area contributed by atoms with Crippen molar-refractivity contribution in [2.24, 2.45) is 10.3 Å². The van der Waals surface area contributed by atoms with Crippen LogP contribution in [0.1, 0.15) is 19.3 Å². The molecule has 1 N–H and O–H groups in total. The monoisotopic (exact) mass is 289 g/mol. The first kappa shape index (κ1) is 15.4. The van der Waals surface area contributed by atoms with Crippen LogP contribution in [0.15, 0.2) is 34.6 Å². The number of hydrogen-bond donors (Lipinski definition) is 1. The van der Waals surface area contributed by atoms with E-state index in [1.165, 1.54) is 19.3 Å². The Balaban J connectivity index is 1.89. The highest BCUT2D eigenvalue weighted by Gasteiger charge is 2.13. The molecule has 0 spiro atoms. The van der Waals surface area contributed by atoms with E-state index in [4.69, 9.17) is 0 Å². The molecule has 21 heavy (non-hydrogen) atoms. The first-order valence-electron chi connectivity index (χ1n) is 7.35. The van der Waals surface area contributed by atoms with Crippen LogP contribution in [-0.4, -0.2) is 49.5 Å². The van der Waals surface area contributed by atoms with Gasteiger partial charge in [0.1, 0.15) is 0 Å². The number of hydrogen-bond acceptors (Lipinski definition) is 4. The van der Waals surface area contributed by atoms with Crippen LogP contribution in [0, 0.1) is 0 Å². The van der Waals surface area contributed by atoms with Crippen molar-refractivity contribution in [3.8, 4) is 0 Å². The molecule has 1 aromatic carbocycles. The molecule has 2 rings (SSSR count). The summed E-state index contributed by atoms with van der Waals surface area (Å²) in [5.74, 6) is 0.0265. The molecule has 1 fully saturated rings. The van der Waals surface area contributed by atoms with Gasteiger partial charge in [0.2, 0.25) is 5.91 Å². The minimum Gasteiger partial charge on any atom is -0.325 e. The highest BCUT2D eigenvalue weighted by atomic mass is 16.2. The van der Waals surface area contributed by atoms with Crippen molar-refractivity contribution in [3.05, 3.63) is 24.3 Å². The van der Waals surface area contributed by atoms with Crippen molar-refractivity contribution in [3.63, 3.8) is 0 Å². The molecule has 1 saturated heterocycles. The Hall–Kier alpha value is -1.95. The van der Waals surface area contributed by atoms with Crippen molar-refractivity contribution >= 4 is 17.3 Å². The Labute approximate surface area is 125 Å². The largest absolute Gasteiger partial charge is 0.325 e. The quantitative estimate of drug-likeness (QED) is 0.669. The van der Waals surface area contributed by atoms with Gasteiger partial charge in [0, 0.05) is 19.8 Å². The van der Waals surface area contributed by atoms with E-state index in [9.17, 15) is 4.79 Å². The molecule has 114 valence electrons. The minimum absolute atomic E-state index is 0.0265. The van der Waals surface area contributed by atoms with Gasteiger partial charge in [0.05, 0.1) is 12.2 Å². The topological polar surface area (TPSA) is 60.3 Å². The summed E-state index contributed by atoms with van der Waals surface area (Å²) in [6.07, 6.45) is 3.65. The predicted molar refractivity (Wildman–Crippen MR) is 83.6 cm³/mol. The van der Waals surface area contributed by atoms with Gasteiger partial charge in [0.25, 0.3) is 0 Å². The van der Waals surface area contributed by atoms with Crippen LogP contribution >= 0.6 is 0 Å². The molecular formula is C15H23N5O. The average molecular weight is 289 g/mol. The third-order valence-electron chi connectivity index (χ3n) is 3.28. The lowest BCUT2D eigenvalue weighted by atomic mass is 10.1. The van der Waals surface area contributed by atoms with Gasteiger partial charge in [-0.15, -0.1) is 5.11 Å². The normalized spacial score (nSPS) is 16.1. The summed E-state index contributed by atoms with van der Waals surface area (Å²) < 4.78 is 0. The van der Waals surface area contributed by atoms with Crippen LogP contribution in [0.4, 0.5) is 11.4 Å². The highest BCUT2D eigenvalue weighted by molar-refractivity contribution is 5.92. The zero-order valence-corrected chi connectivity index (χ0v) is 12.7. The fourth-order valence-corrected chi connectivity index (χ4v) is 2.31. The highest BCUT2D eigenvalue weighted by Crippen LogP contribution is 2.18. The van der Waals surface area contributed by atoms with Crippen LogP contribution in [-0.2, 0) is 4.79 Å². The summed E-state index contributed by atoms with van der Waals surface area (Å²) in [6, 6.07) is 7.40. The van der Waals surface area contributed by atoms with Gasteiger partial charge in [0.15, 0.2) is 0 Å². The van der Waals surface area contributed by atoms with E-state index >= 15 is 0 Å². The Morgan fingerprint density at radius 3 is 2.76 bits per heavy atom. The second-order valence-corrected chi connectivity index (χ2v) is 5.47. The lowest BCUT2D eigenvalue weighted by Crippen LogP contribution is -2.36. The fourth-order valence-electron chi connectivity index (χ4n) is 2.31. The Bertz CT molecular complexity index is 495. The van der Waals surface area contributed by atoms with Crippen LogP contribution in [0.3, 0.4) is 0 Å². The van der Waals surface area contributed by atoms with Gasteiger partial charge in [-0.3, -0.25) is 14.7 Å². The zero-order valence-electron chi connectivity index (χ0n) is 12.7. The SMILES string of the molecule is CN(C)N=Nc1cccc(NC(=O)CN2CCCCC2)c1. The van der Waals surface area contributed by atoms with Crippen LogP contribution < -0.4 is 5.32 Å². The lowest BCUT2D eigenvalue weighted by Gasteiger charge is -2.25. The molecule has 0 atom stereocenters.